The molecule has 5 atom stereocenters. The molecule has 0 fully saturated rings. The summed E-state index contributed by atoms with van der Waals surface area (Å²) in [6.45, 7) is 12.9. The molecule has 9 N–H and O–H groups in total. The Morgan fingerprint density at radius 2 is 1.42 bits per heavy atom. The van der Waals surface area contributed by atoms with Gasteiger partial charge in [0.15, 0.2) is 0 Å². The minimum atomic E-state index is -0.522. The first-order valence-corrected chi connectivity index (χ1v) is 23.4. The van der Waals surface area contributed by atoms with Gasteiger partial charge in [0.1, 0.15) is 24.0 Å². The van der Waals surface area contributed by atoms with Crippen molar-refractivity contribution < 1.29 is 39.1 Å². The van der Waals surface area contributed by atoms with E-state index in [4.69, 9.17) is 26.1 Å². The Labute approximate surface area is 392 Å². The van der Waals surface area contributed by atoms with Crippen LogP contribution in [0, 0.1) is 12.7 Å². The second-order valence-electron chi connectivity index (χ2n) is 18.7. The molecular formula is C49H69FN10O7. The molecule has 0 radical (unpaired) electrons. The van der Waals surface area contributed by atoms with Gasteiger partial charge in [0, 0.05) is 63.3 Å². The number of amides is 3. The van der Waals surface area contributed by atoms with Crippen LogP contribution in [0.3, 0.4) is 0 Å². The summed E-state index contributed by atoms with van der Waals surface area (Å²) in [6.07, 6.45) is 6.18. The molecule has 0 saturated heterocycles. The van der Waals surface area contributed by atoms with Crippen molar-refractivity contribution in [3.63, 3.8) is 0 Å². The topological polar surface area (TPSA) is 230 Å². The minimum Gasteiger partial charge on any atom is -0.497 e. The van der Waals surface area contributed by atoms with Crippen molar-refractivity contribution in [1.29, 1.82) is 0 Å². The Morgan fingerprint density at radius 1 is 0.791 bits per heavy atom. The van der Waals surface area contributed by atoms with Crippen LogP contribution in [0.15, 0.2) is 46.7 Å². The molecule has 6 rings (SSSR count). The fraction of sp³-hybridized carbons (Fsp3) is 0.531. The fourth-order valence-electron chi connectivity index (χ4n) is 10.4. The lowest BCUT2D eigenvalue weighted by Gasteiger charge is -2.35. The number of oxime groups is 2. The van der Waals surface area contributed by atoms with Gasteiger partial charge in [-0.2, -0.15) is 5.48 Å². The highest BCUT2D eigenvalue weighted by Gasteiger charge is 2.33. The van der Waals surface area contributed by atoms with E-state index in [-0.39, 0.29) is 48.1 Å². The standard InChI is InChI=1S/C49H69FN10O7/c1-30-9-10-39-36(16-30)27-60(26-33(4)57-47(63)23-54-66)15-12-40(39)43-19-37-28-59(25-32(3)56-46(62)22-53-65)14-11-35(18-42(37)48(50)49(43)51)41-20-38(67-5)17-34-8-6-7-13-58(29-44(34)41)24-31(2)55-45(61)21-52-64/h9-10,16-17,19-22,31-33,35,40,54,64-66H,6-8,11-15,18,23-29,51H2,1-5H3,(H,55,61)(H,56,62)(H,57,63)/b52-21-,53-22-/t31-,32-,33-,35?,40?/m0/s1. The highest BCUT2D eigenvalue weighted by atomic mass is 19.1. The van der Waals surface area contributed by atoms with Gasteiger partial charge < -0.3 is 42.0 Å². The van der Waals surface area contributed by atoms with Gasteiger partial charge in [-0.1, -0.05) is 40.1 Å². The van der Waals surface area contributed by atoms with E-state index >= 15 is 4.39 Å². The van der Waals surface area contributed by atoms with Gasteiger partial charge in [-0.25, -0.2) is 4.39 Å². The summed E-state index contributed by atoms with van der Waals surface area (Å²) in [4.78, 5) is 43.9. The van der Waals surface area contributed by atoms with Gasteiger partial charge in [0.05, 0.1) is 19.3 Å². The largest absolute Gasteiger partial charge is 0.497 e. The molecule has 67 heavy (non-hydrogen) atoms. The van der Waals surface area contributed by atoms with Crippen molar-refractivity contribution in [3.8, 4) is 5.75 Å². The zero-order valence-electron chi connectivity index (χ0n) is 39.5. The minimum absolute atomic E-state index is 0.130. The second-order valence-corrected chi connectivity index (χ2v) is 18.7. The molecule has 0 aromatic heterocycles. The molecule has 17 nitrogen and oxygen atoms in total. The molecular weight excluding hydrogens is 860 g/mol. The average molecular weight is 929 g/mol. The number of halogens is 1. The SMILES string of the molecule is COc1cc2c(c(C3CCN(C[C@H](C)NC(=O)/C=N\O)Cc4cc(C5CCN(C[C@H](C)NC(=O)CNO)Cc6cc(C)ccc65)c(N)c(F)c4C3)c1)CN(C[C@H](C)NC(=O)/C=N\O)CCCC2. The molecule has 0 bridgehead atoms. The Bertz CT molecular complexity index is 2280. The number of fused-ring (bicyclic) bond motifs is 3. The molecule has 3 aromatic rings. The van der Waals surface area contributed by atoms with Crippen LogP contribution in [0.2, 0.25) is 0 Å². The number of ether oxygens (including phenoxy) is 1. The smallest absolute Gasteiger partial charge is 0.266 e. The maximum Gasteiger partial charge on any atom is 0.266 e. The average Bonchev–Trinajstić information content (AvgIpc) is 3.42. The van der Waals surface area contributed by atoms with Gasteiger partial charge in [0.2, 0.25) is 5.91 Å². The van der Waals surface area contributed by atoms with E-state index in [2.05, 4.69) is 84.3 Å². The van der Waals surface area contributed by atoms with Crippen LogP contribution < -0.4 is 31.9 Å². The molecule has 2 unspecified atom stereocenters. The summed E-state index contributed by atoms with van der Waals surface area (Å²) in [5.74, 6) is -1.37. The van der Waals surface area contributed by atoms with E-state index in [1.54, 1.807) is 7.11 Å². The lowest BCUT2D eigenvalue weighted by atomic mass is 9.79. The number of methoxy groups -OCH3 is 1. The zero-order valence-corrected chi connectivity index (χ0v) is 39.5. The molecule has 3 heterocycles. The van der Waals surface area contributed by atoms with Crippen LogP contribution in [0.4, 0.5) is 10.1 Å². The molecule has 0 aliphatic carbocycles. The third-order valence-electron chi connectivity index (χ3n) is 13.3. The zero-order chi connectivity index (χ0) is 48.2. The number of benzene rings is 3. The van der Waals surface area contributed by atoms with Crippen LogP contribution in [-0.2, 0) is 46.9 Å². The molecule has 3 amide bonds. The van der Waals surface area contributed by atoms with Crippen molar-refractivity contribution in [2.45, 2.75) is 116 Å². The third-order valence-corrected chi connectivity index (χ3v) is 13.3. The quantitative estimate of drug-likeness (QED) is 0.0439. The number of carbonyl (C=O) groups excluding carboxylic acids is 3. The lowest BCUT2D eigenvalue weighted by molar-refractivity contribution is -0.122. The molecule has 18 heteroatoms. The van der Waals surface area contributed by atoms with Crippen molar-refractivity contribution in [1.82, 2.24) is 36.1 Å². The normalized spacial score (nSPS) is 19.9. The van der Waals surface area contributed by atoms with Crippen LogP contribution in [0.25, 0.3) is 0 Å². The third kappa shape index (κ3) is 13.5. The van der Waals surface area contributed by atoms with E-state index in [0.717, 1.165) is 82.9 Å². The number of nitrogen functional groups attached to an aromatic ring is 1. The Hall–Kier alpha value is -5.66. The molecule has 3 aliphatic heterocycles. The van der Waals surface area contributed by atoms with Crippen molar-refractivity contribution >= 4 is 35.8 Å². The summed E-state index contributed by atoms with van der Waals surface area (Å²) in [6, 6.07) is 11.9. The Balaban J connectivity index is 1.40. The van der Waals surface area contributed by atoms with Gasteiger partial charge in [0.25, 0.3) is 11.8 Å². The van der Waals surface area contributed by atoms with Gasteiger partial charge in [-0.15, -0.1) is 0 Å². The molecule has 364 valence electrons. The highest BCUT2D eigenvalue weighted by molar-refractivity contribution is 6.26. The summed E-state index contributed by atoms with van der Waals surface area (Å²) in [5, 5.41) is 41.4. The monoisotopic (exact) mass is 929 g/mol. The van der Waals surface area contributed by atoms with Crippen molar-refractivity contribution in [2.24, 2.45) is 10.3 Å². The highest BCUT2D eigenvalue weighted by Crippen LogP contribution is 2.43. The fourth-order valence-corrected chi connectivity index (χ4v) is 10.4. The molecule has 0 saturated carbocycles. The van der Waals surface area contributed by atoms with E-state index in [9.17, 15) is 14.4 Å². The predicted octanol–water partition coefficient (Wildman–Crippen LogP) is 4.15. The summed E-state index contributed by atoms with van der Waals surface area (Å²) in [5.41, 5.74) is 17.9. The Kier molecular flexibility index (Phi) is 18.1. The molecule has 0 spiro atoms. The van der Waals surface area contributed by atoms with Crippen LogP contribution in [0.1, 0.15) is 108 Å². The van der Waals surface area contributed by atoms with E-state index < -0.39 is 17.6 Å². The number of hydroxylamine groups is 1. The predicted molar refractivity (Wildman–Crippen MR) is 254 cm³/mol. The number of nitrogens with one attached hydrogen (secondary N) is 4. The van der Waals surface area contributed by atoms with Crippen LogP contribution >= 0.6 is 0 Å². The van der Waals surface area contributed by atoms with Crippen molar-refractivity contribution in [2.75, 3.05) is 58.7 Å². The number of hydrogen-bond acceptors (Lipinski definition) is 14. The number of anilines is 1. The van der Waals surface area contributed by atoms with Gasteiger partial charge in [-0.05, 0) is 148 Å². The first-order valence-electron chi connectivity index (χ1n) is 23.4. The van der Waals surface area contributed by atoms with E-state index in [1.807, 2.05) is 26.3 Å². The lowest BCUT2D eigenvalue weighted by Crippen LogP contribution is -2.44. The van der Waals surface area contributed by atoms with Gasteiger partial charge in [-0.3, -0.25) is 29.1 Å². The van der Waals surface area contributed by atoms with Gasteiger partial charge >= 0.3 is 0 Å². The van der Waals surface area contributed by atoms with Crippen LogP contribution in [-0.4, -0.2) is 132 Å². The second kappa shape index (κ2) is 23.9. The number of carbonyl (C=O) groups is 3. The van der Waals surface area contributed by atoms with E-state index in [1.165, 1.54) is 5.56 Å². The summed E-state index contributed by atoms with van der Waals surface area (Å²) >= 11 is 0. The Morgan fingerprint density at radius 3 is 2.06 bits per heavy atom. The van der Waals surface area contributed by atoms with Crippen molar-refractivity contribution in [3.05, 3.63) is 92.3 Å². The molecule has 3 aromatic carbocycles. The summed E-state index contributed by atoms with van der Waals surface area (Å²) < 4.78 is 23.6. The molecule has 3 aliphatic rings. The number of hydrogen-bond donors (Lipinski definition) is 8. The number of nitrogens with two attached hydrogens (primary N) is 1. The number of aryl methyl sites for hydroxylation is 2. The maximum absolute atomic E-state index is 17.7. The maximum atomic E-state index is 17.7. The number of nitrogens with zero attached hydrogens (tertiary/aromatic N) is 5. The first kappa shape index (κ1) is 50.7. The number of rotatable bonds is 16. The first-order chi connectivity index (χ1) is 32.2. The van der Waals surface area contributed by atoms with Crippen LogP contribution in [0.5, 0.6) is 5.75 Å². The summed E-state index contributed by atoms with van der Waals surface area (Å²) in [7, 11) is 1.66. The van der Waals surface area contributed by atoms with E-state index in [0.29, 0.717) is 77.2 Å².